The molecule has 0 saturated heterocycles. The Morgan fingerprint density at radius 1 is 1.36 bits per heavy atom. The molecule has 3 rings (SSSR count). The zero-order valence-electron chi connectivity index (χ0n) is 12.7. The van der Waals surface area contributed by atoms with Gasteiger partial charge in [-0.2, -0.15) is 18.4 Å². The molecule has 136 valence electrons. The highest BCUT2D eigenvalue weighted by Gasteiger charge is 2.51. The number of aliphatic hydroxyl groups is 1. The lowest BCUT2D eigenvalue weighted by atomic mass is 10.1. The molecule has 5 nitrogen and oxygen atoms in total. The van der Waals surface area contributed by atoms with Gasteiger partial charge < -0.3 is 9.84 Å². The van der Waals surface area contributed by atoms with Crippen LogP contribution in [0.4, 0.5) is 17.6 Å². The number of fused-ring (bicyclic) bond motifs is 1. The van der Waals surface area contributed by atoms with Gasteiger partial charge in [0, 0.05) is 17.5 Å². The molecule has 0 heterocycles. The molecule has 0 bridgehead atoms. The van der Waals surface area contributed by atoms with E-state index in [9.17, 15) is 31.1 Å². The standard InChI is InChI=1S/C15H13F4NO4S/c16-9-5-8-10(24-7-14(6-20)3-4-14)1-2-11(12(8)13(9)21)25(22,23)15(17,18)19/h1-2,9,13,21H,3-5,7H2/t9-,13-/m1/s1. The molecular weight excluding hydrogens is 366 g/mol. The number of sulfone groups is 1. The quantitative estimate of drug-likeness (QED) is 0.813. The number of rotatable bonds is 4. The molecule has 0 amide bonds. The van der Waals surface area contributed by atoms with Gasteiger partial charge in [0.25, 0.3) is 9.84 Å². The number of ether oxygens (including phenoxy) is 1. The van der Waals surface area contributed by atoms with E-state index < -0.39 is 49.9 Å². The molecule has 1 N–H and O–H groups in total. The highest BCUT2D eigenvalue weighted by molar-refractivity contribution is 7.92. The largest absolute Gasteiger partial charge is 0.501 e. The van der Waals surface area contributed by atoms with Gasteiger partial charge in [0.2, 0.25) is 0 Å². The first-order valence-electron chi connectivity index (χ1n) is 7.36. The van der Waals surface area contributed by atoms with E-state index in [-0.39, 0.29) is 17.9 Å². The summed E-state index contributed by atoms with van der Waals surface area (Å²) < 4.78 is 81.3. The van der Waals surface area contributed by atoms with E-state index in [4.69, 9.17) is 10.00 Å². The van der Waals surface area contributed by atoms with E-state index in [1.807, 2.05) is 0 Å². The topological polar surface area (TPSA) is 87.4 Å². The highest BCUT2D eigenvalue weighted by Crippen LogP contribution is 2.48. The Labute approximate surface area is 140 Å². The number of halogens is 4. The van der Waals surface area contributed by atoms with Crippen molar-refractivity contribution < 1.29 is 35.8 Å². The van der Waals surface area contributed by atoms with Crippen LogP contribution in [-0.2, 0) is 16.3 Å². The predicted octanol–water partition coefficient (Wildman–Crippen LogP) is 2.59. The third-order valence-electron chi connectivity index (χ3n) is 4.50. The molecule has 1 saturated carbocycles. The van der Waals surface area contributed by atoms with E-state index in [1.165, 1.54) is 0 Å². The average molecular weight is 379 g/mol. The van der Waals surface area contributed by atoms with Gasteiger partial charge in [-0.3, -0.25) is 0 Å². The van der Waals surface area contributed by atoms with Crippen molar-refractivity contribution in [3.05, 3.63) is 23.3 Å². The summed E-state index contributed by atoms with van der Waals surface area (Å²) in [5.74, 6) is -0.0168. The SMILES string of the molecule is N#CC1(COc2ccc(S(=O)(=O)C(F)(F)F)c3c2C[C@@H](F)[C@H]3O)CC1. The first-order valence-corrected chi connectivity index (χ1v) is 8.84. The first kappa shape index (κ1) is 17.9. The van der Waals surface area contributed by atoms with Gasteiger partial charge >= 0.3 is 5.51 Å². The zero-order chi connectivity index (χ0) is 18.6. The fraction of sp³-hybridized carbons (Fsp3) is 0.533. The van der Waals surface area contributed by atoms with E-state index in [2.05, 4.69) is 6.07 Å². The summed E-state index contributed by atoms with van der Waals surface area (Å²) >= 11 is 0. The van der Waals surface area contributed by atoms with Crippen LogP contribution in [0.15, 0.2) is 17.0 Å². The van der Waals surface area contributed by atoms with Crippen LogP contribution in [0.3, 0.4) is 0 Å². The smallest absolute Gasteiger partial charge is 0.492 e. The van der Waals surface area contributed by atoms with Crippen molar-refractivity contribution in [1.82, 2.24) is 0 Å². The Morgan fingerprint density at radius 3 is 2.52 bits per heavy atom. The molecule has 0 aromatic heterocycles. The fourth-order valence-corrected chi connectivity index (χ4v) is 3.82. The Kier molecular flexibility index (Phi) is 4.00. The summed E-state index contributed by atoms with van der Waals surface area (Å²) in [5.41, 5.74) is -6.98. The van der Waals surface area contributed by atoms with Crippen molar-refractivity contribution in [3.8, 4) is 11.8 Å². The van der Waals surface area contributed by atoms with Gasteiger partial charge in [-0.1, -0.05) is 0 Å². The van der Waals surface area contributed by atoms with Gasteiger partial charge in [-0.15, -0.1) is 0 Å². The lowest BCUT2D eigenvalue weighted by Crippen LogP contribution is -2.25. The van der Waals surface area contributed by atoms with Crippen LogP contribution in [0, 0.1) is 16.7 Å². The second-order valence-corrected chi connectivity index (χ2v) is 8.16. The third-order valence-corrected chi connectivity index (χ3v) is 6.04. The van der Waals surface area contributed by atoms with E-state index in [0.717, 1.165) is 6.07 Å². The number of hydrogen-bond acceptors (Lipinski definition) is 5. The van der Waals surface area contributed by atoms with Crippen LogP contribution in [0.1, 0.15) is 30.1 Å². The highest BCUT2D eigenvalue weighted by atomic mass is 32.2. The molecule has 2 aliphatic carbocycles. The summed E-state index contributed by atoms with van der Waals surface area (Å²) in [6.07, 6.45) is -3.17. The Morgan fingerprint density at radius 2 is 2.00 bits per heavy atom. The number of hydrogen-bond donors (Lipinski definition) is 1. The number of aliphatic hydroxyl groups excluding tert-OH is 1. The summed E-state index contributed by atoms with van der Waals surface area (Å²) in [7, 11) is -5.75. The average Bonchev–Trinajstić information content (AvgIpc) is 3.25. The molecule has 0 radical (unpaired) electrons. The van der Waals surface area contributed by atoms with Gasteiger partial charge in [0.1, 0.15) is 24.6 Å². The minimum absolute atomic E-state index is 0.0168. The molecule has 0 spiro atoms. The number of nitriles is 1. The Bertz CT molecular complexity index is 856. The lowest BCUT2D eigenvalue weighted by molar-refractivity contribution is -0.0437. The van der Waals surface area contributed by atoms with Gasteiger partial charge in [0.15, 0.2) is 0 Å². The van der Waals surface area contributed by atoms with Crippen LogP contribution >= 0.6 is 0 Å². The molecular formula is C15H13F4NO4S. The fourth-order valence-electron chi connectivity index (χ4n) is 2.79. The van der Waals surface area contributed by atoms with Crippen LogP contribution in [0.5, 0.6) is 5.75 Å². The zero-order valence-corrected chi connectivity index (χ0v) is 13.5. The molecule has 0 aliphatic heterocycles. The maximum absolute atomic E-state index is 13.9. The van der Waals surface area contributed by atoms with Gasteiger partial charge in [0.05, 0.1) is 16.4 Å². The first-order chi connectivity index (χ1) is 11.5. The summed E-state index contributed by atoms with van der Waals surface area (Å²) in [5, 5.41) is 18.9. The Balaban J connectivity index is 2.04. The second kappa shape index (κ2) is 5.57. The molecule has 10 heteroatoms. The van der Waals surface area contributed by atoms with Gasteiger partial charge in [-0.05, 0) is 25.0 Å². The Hall–Kier alpha value is -1.86. The lowest BCUT2D eigenvalue weighted by Gasteiger charge is -2.17. The van der Waals surface area contributed by atoms with Crippen LogP contribution in [0.2, 0.25) is 0 Å². The van der Waals surface area contributed by atoms with Crippen molar-refractivity contribution in [2.75, 3.05) is 6.61 Å². The van der Waals surface area contributed by atoms with Crippen molar-refractivity contribution in [2.45, 2.75) is 41.9 Å². The van der Waals surface area contributed by atoms with Crippen molar-refractivity contribution in [2.24, 2.45) is 5.41 Å². The number of nitrogens with zero attached hydrogens (tertiary/aromatic N) is 1. The molecule has 1 aromatic rings. The molecule has 2 aliphatic rings. The van der Waals surface area contributed by atoms with Gasteiger partial charge in [-0.25, -0.2) is 12.8 Å². The maximum atomic E-state index is 13.9. The van der Waals surface area contributed by atoms with E-state index in [1.54, 1.807) is 0 Å². The molecule has 25 heavy (non-hydrogen) atoms. The van der Waals surface area contributed by atoms with Crippen LogP contribution in [-0.4, -0.2) is 31.8 Å². The van der Waals surface area contributed by atoms with Crippen LogP contribution < -0.4 is 4.74 Å². The normalized spacial score (nSPS) is 24.5. The monoisotopic (exact) mass is 379 g/mol. The summed E-state index contributed by atoms with van der Waals surface area (Å²) in [6.45, 7) is -0.0334. The number of alkyl halides is 4. The van der Waals surface area contributed by atoms with Crippen molar-refractivity contribution in [3.63, 3.8) is 0 Å². The number of benzene rings is 1. The third kappa shape index (κ3) is 2.85. The van der Waals surface area contributed by atoms with E-state index >= 15 is 0 Å². The minimum Gasteiger partial charge on any atom is -0.492 e. The van der Waals surface area contributed by atoms with Crippen molar-refractivity contribution >= 4 is 9.84 Å². The summed E-state index contributed by atoms with van der Waals surface area (Å²) in [6, 6.07) is 3.74. The molecule has 2 atom stereocenters. The summed E-state index contributed by atoms with van der Waals surface area (Å²) in [4.78, 5) is -1.17. The minimum atomic E-state index is -5.75. The predicted molar refractivity (Wildman–Crippen MR) is 76.0 cm³/mol. The van der Waals surface area contributed by atoms with E-state index in [0.29, 0.717) is 18.9 Å². The second-order valence-electron chi connectivity index (χ2n) is 6.25. The van der Waals surface area contributed by atoms with Crippen LogP contribution in [0.25, 0.3) is 0 Å². The molecule has 1 aromatic carbocycles. The maximum Gasteiger partial charge on any atom is 0.501 e. The van der Waals surface area contributed by atoms with Crippen molar-refractivity contribution in [1.29, 1.82) is 5.26 Å². The molecule has 1 fully saturated rings. The molecule has 0 unspecified atom stereocenters.